The molecule has 10 nitrogen and oxygen atoms in total. The molecule has 150 valence electrons. The smallest absolute Gasteiger partial charge is 0.326 e. The Labute approximate surface area is 170 Å². The molecule has 0 unspecified atom stereocenters. The molecule has 0 spiro atoms. The third-order valence-electron chi connectivity index (χ3n) is 4.79. The van der Waals surface area contributed by atoms with Gasteiger partial charge in [0.1, 0.15) is 11.6 Å². The number of benzene rings is 1. The van der Waals surface area contributed by atoms with Crippen LogP contribution >= 0.6 is 0 Å². The third kappa shape index (κ3) is 3.56. The molecule has 1 amide bonds. The van der Waals surface area contributed by atoms with E-state index in [2.05, 4.69) is 36.1 Å². The number of amides is 1. The van der Waals surface area contributed by atoms with E-state index in [9.17, 15) is 9.59 Å². The lowest BCUT2D eigenvalue weighted by Gasteiger charge is -2.11. The van der Waals surface area contributed by atoms with E-state index in [1.807, 2.05) is 13.8 Å². The quantitative estimate of drug-likeness (QED) is 0.520. The van der Waals surface area contributed by atoms with Gasteiger partial charge < -0.3 is 5.32 Å². The number of aryl methyl sites for hydroxylation is 2. The number of hydrogen-bond acceptors (Lipinski definition) is 7. The molecule has 10 heteroatoms. The number of H-pyrrole nitrogens is 1. The Balaban J connectivity index is 1.48. The van der Waals surface area contributed by atoms with Crippen LogP contribution in [0.15, 0.2) is 39.8 Å². The minimum absolute atomic E-state index is 0.169. The van der Waals surface area contributed by atoms with Gasteiger partial charge in [-0.1, -0.05) is 17.3 Å². The van der Waals surface area contributed by atoms with Crippen molar-refractivity contribution in [1.82, 2.24) is 24.7 Å². The number of aromatic nitrogens is 5. The summed E-state index contributed by atoms with van der Waals surface area (Å²) in [6.45, 7) is 3.75. The number of nitrogens with one attached hydrogen (secondary N) is 2. The van der Waals surface area contributed by atoms with Crippen LogP contribution in [0.25, 0.3) is 17.0 Å². The number of carbonyl (C=O) groups is 1. The van der Waals surface area contributed by atoms with E-state index in [0.29, 0.717) is 28.9 Å². The molecule has 3 aromatic heterocycles. The van der Waals surface area contributed by atoms with E-state index >= 15 is 0 Å². The SMILES string of the molecule is Cc1nc2c(C#N)cnn2c(C)c1CCC(=O)Nc1cccc(-c2noc(=O)[nH]2)c1. The number of nitriles is 1. The Morgan fingerprint density at radius 1 is 1.37 bits per heavy atom. The van der Waals surface area contributed by atoms with Gasteiger partial charge in [-0.2, -0.15) is 10.4 Å². The summed E-state index contributed by atoms with van der Waals surface area (Å²) in [7, 11) is 0. The number of nitrogens with zero attached hydrogens (tertiary/aromatic N) is 5. The molecule has 0 atom stereocenters. The van der Waals surface area contributed by atoms with E-state index in [4.69, 9.17) is 5.26 Å². The number of carbonyl (C=O) groups excluding carboxylic acids is 1. The molecule has 0 saturated carbocycles. The second-order valence-electron chi connectivity index (χ2n) is 6.74. The third-order valence-corrected chi connectivity index (χ3v) is 4.79. The van der Waals surface area contributed by atoms with Crippen LogP contribution in [-0.2, 0) is 11.2 Å². The van der Waals surface area contributed by atoms with Gasteiger partial charge in [-0.05, 0) is 38.0 Å². The van der Waals surface area contributed by atoms with Crippen molar-refractivity contribution in [2.45, 2.75) is 26.7 Å². The van der Waals surface area contributed by atoms with Crippen molar-refractivity contribution in [3.63, 3.8) is 0 Å². The Bertz CT molecular complexity index is 1360. The first-order valence-electron chi connectivity index (χ1n) is 9.16. The lowest BCUT2D eigenvalue weighted by atomic mass is 10.1. The van der Waals surface area contributed by atoms with E-state index < -0.39 is 5.76 Å². The van der Waals surface area contributed by atoms with Crippen molar-refractivity contribution >= 4 is 17.2 Å². The molecule has 30 heavy (non-hydrogen) atoms. The highest BCUT2D eigenvalue weighted by atomic mass is 16.5. The minimum Gasteiger partial charge on any atom is -0.326 e. The fourth-order valence-corrected chi connectivity index (χ4v) is 3.31. The summed E-state index contributed by atoms with van der Waals surface area (Å²) in [4.78, 5) is 30.6. The Morgan fingerprint density at radius 3 is 2.93 bits per heavy atom. The molecule has 0 radical (unpaired) electrons. The van der Waals surface area contributed by atoms with Gasteiger partial charge in [0.05, 0.1) is 6.20 Å². The summed E-state index contributed by atoms with van der Waals surface area (Å²) in [5.41, 5.74) is 4.66. The maximum atomic E-state index is 12.5. The van der Waals surface area contributed by atoms with Gasteiger partial charge in [0, 0.05) is 29.1 Å². The zero-order valence-electron chi connectivity index (χ0n) is 16.3. The van der Waals surface area contributed by atoms with Crippen LogP contribution in [0.1, 0.15) is 28.9 Å². The molecule has 1 aromatic carbocycles. The summed E-state index contributed by atoms with van der Waals surface area (Å²) >= 11 is 0. The average molecular weight is 403 g/mol. The molecule has 2 N–H and O–H groups in total. The van der Waals surface area contributed by atoms with Crippen LogP contribution in [0.4, 0.5) is 5.69 Å². The van der Waals surface area contributed by atoms with E-state index in [-0.39, 0.29) is 18.2 Å². The van der Waals surface area contributed by atoms with Gasteiger partial charge in [0.2, 0.25) is 5.91 Å². The number of aromatic amines is 1. The second-order valence-corrected chi connectivity index (χ2v) is 6.74. The van der Waals surface area contributed by atoms with Crippen LogP contribution in [0.2, 0.25) is 0 Å². The zero-order valence-corrected chi connectivity index (χ0v) is 16.3. The predicted molar refractivity (Wildman–Crippen MR) is 107 cm³/mol. The lowest BCUT2D eigenvalue weighted by Crippen LogP contribution is -2.14. The summed E-state index contributed by atoms with van der Waals surface area (Å²) in [5, 5.41) is 19.9. The fourth-order valence-electron chi connectivity index (χ4n) is 3.31. The van der Waals surface area contributed by atoms with Gasteiger partial charge in [-0.25, -0.2) is 14.3 Å². The molecule has 0 aliphatic rings. The van der Waals surface area contributed by atoms with E-state index in [0.717, 1.165) is 17.0 Å². The van der Waals surface area contributed by atoms with Crippen molar-refractivity contribution in [2.75, 3.05) is 5.32 Å². The maximum absolute atomic E-state index is 12.5. The van der Waals surface area contributed by atoms with Crippen molar-refractivity contribution in [2.24, 2.45) is 0 Å². The summed E-state index contributed by atoms with van der Waals surface area (Å²) in [5.74, 6) is -0.523. The molecular formula is C20H17N7O3. The van der Waals surface area contributed by atoms with Crippen LogP contribution < -0.4 is 11.1 Å². The summed E-state index contributed by atoms with van der Waals surface area (Å²) < 4.78 is 6.14. The van der Waals surface area contributed by atoms with Gasteiger partial charge in [-0.15, -0.1) is 0 Å². The van der Waals surface area contributed by atoms with Crippen molar-refractivity contribution in [3.05, 3.63) is 63.5 Å². The van der Waals surface area contributed by atoms with Crippen LogP contribution in [0.5, 0.6) is 0 Å². The highest BCUT2D eigenvalue weighted by Gasteiger charge is 2.15. The summed E-state index contributed by atoms with van der Waals surface area (Å²) in [6.07, 6.45) is 2.21. The van der Waals surface area contributed by atoms with Gasteiger partial charge >= 0.3 is 5.76 Å². The molecule has 4 rings (SSSR count). The monoisotopic (exact) mass is 403 g/mol. The first-order valence-corrected chi connectivity index (χ1v) is 9.16. The lowest BCUT2D eigenvalue weighted by molar-refractivity contribution is -0.116. The first-order chi connectivity index (χ1) is 14.5. The van der Waals surface area contributed by atoms with Crippen molar-refractivity contribution in [1.29, 1.82) is 5.26 Å². The van der Waals surface area contributed by atoms with Gasteiger partial charge in [0.25, 0.3) is 0 Å². The highest BCUT2D eigenvalue weighted by molar-refractivity contribution is 5.91. The maximum Gasteiger partial charge on any atom is 0.439 e. The van der Waals surface area contributed by atoms with Crippen LogP contribution in [0.3, 0.4) is 0 Å². The Morgan fingerprint density at radius 2 is 2.20 bits per heavy atom. The van der Waals surface area contributed by atoms with Crippen molar-refractivity contribution < 1.29 is 9.32 Å². The number of fused-ring (bicyclic) bond motifs is 1. The van der Waals surface area contributed by atoms with E-state index in [1.165, 1.54) is 6.20 Å². The fraction of sp³-hybridized carbons (Fsp3) is 0.200. The summed E-state index contributed by atoms with van der Waals surface area (Å²) in [6, 6.07) is 9.01. The minimum atomic E-state index is -0.644. The standard InChI is InChI=1S/C20H17N7O3/c1-11-16(12(2)27-19(23-11)14(9-21)10-22-27)6-7-17(28)24-15-5-3-4-13(8-15)18-25-20(29)30-26-18/h3-5,8,10H,6-7H2,1-2H3,(H,24,28)(H,25,26,29). The second kappa shape index (κ2) is 7.63. The average Bonchev–Trinajstić information content (AvgIpc) is 3.34. The van der Waals surface area contributed by atoms with Gasteiger partial charge in [-0.3, -0.25) is 14.3 Å². The predicted octanol–water partition coefficient (Wildman–Crippen LogP) is 2.13. The van der Waals surface area contributed by atoms with Gasteiger partial charge in [0.15, 0.2) is 11.5 Å². The number of hydrogen-bond donors (Lipinski definition) is 2. The Kier molecular flexibility index (Phi) is 4.85. The molecule has 0 bridgehead atoms. The molecule has 4 aromatic rings. The van der Waals surface area contributed by atoms with Crippen molar-refractivity contribution in [3.8, 4) is 17.5 Å². The largest absolute Gasteiger partial charge is 0.439 e. The molecule has 3 heterocycles. The molecule has 0 aliphatic heterocycles. The highest BCUT2D eigenvalue weighted by Crippen LogP contribution is 2.20. The topological polar surface area (TPSA) is 142 Å². The molecule has 0 saturated heterocycles. The normalized spacial score (nSPS) is 10.8. The Hall–Kier alpha value is -4.26. The molecule has 0 fully saturated rings. The van der Waals surface area contributed by atoms with Crippen LogP contribution in [0, 0.1) is 25.2 Å². The van der Waals surface area contributed by atoms with E-state index in [1.54, 1.807) is 28.8 Å². The zero-order chi connectivity index (χ0) is 21.3. The molecular weight excluding hydrogens is 386 g/mol. The van der Waals surface area contributed by atoms with Crippen LogP contribution in [-0.4, -0.2) is 30.6 Å². The number of rotatable bonds is 5. The molecule has 0 aliphatic carbocycles. The number of anilines is 1. The first kappa shape index (κ1) is 19.1.